The van der Waals surface area contributed by atoms with Crippen LogP contribution in [0.15, 0.2) is 24.3 Å². The molecular formula is C44H80O10. The van der Waals surface area contributed by atoms with Crippen LogP contribution in [0.4, 0.5) is 0 Å². The van der Waals surface area contributed by atoms with E-state index < -0.39 is 49.4 Å². The Labute approximate surface area is 328 Å². The van der Waals surface area contributed by atoms with Crippen molar-refractivity contribution >= 4 is 11.9 Å². The summed E-state index contributed by atoms with van der Waals surface area (Å²) in [5.41, 5.74) is 0. The summed E-state index contributed by atoms with van der Waals surface area (Å²) < 4.78 is 22.1. The predicted molar refractivity (Wildman–Crippen MR) is 215 cm³/mol. The molecule has 2 unspecified atom stereocenters. The molecule has 10 nitrogen and oxygen atoms in total. The molecular weight excluding hydrogens is 688 g/mol. The van der Waals surface area contributed by atoms with E-state index in [0.717, 1.165) is 64.2 Å². The highest BCUT2D eigenvalue weighted by Crippen LogP contribution is 2.22. The van der Waals surface area contributed by atoms with Gasteiger partial charge in [0.2, 0.25) is 0 Å². The van der Waals surface area contributed by atoms with E-state index in [0.29, 0.717) is 6.42 Å². The summed E-state index contributed by atoms with van der Waals surface area (Å²) in [4.78, 5) is 25.3. The predicted octanol–water partition coefficient (Wildman–Crippen LogP) is 8.94. The monoisotopic (exact) mass is 769 g/mol. The first-order chi connectivity index (χ1) is 26.3. The van der Waals surface area contributed by atoms with Gasteiger partial charge in [0, 0.05) is 12.8 Å². The Kier molecular flexibility index (Phi) is 33.1. The van der Waals surface area contributed by atoms with Crippen LogP contribution in [-0.4, -0.2) is 89.0 Å². The number of carbonyl (C=O) groups is 2. The number of hydrogen-bond acceptors (Lipinski definition) is 10. The maximum Gasteiger partial charge on any atom is 0.306 e. The second-order valence-electron chi connectivity index (χ2n) is 15.1. The molecule has 1 saturated heterocycles. The van der Waals surface area contributed by atoms with Gasteiger partial charge in [0.05, 0.1) is 13.2 Å². The van der Waals surface area contributed by atoms with E-state index in [9.17, 15) is 30.0 Å². The fraction of sp³-hybridized carbons (Fsp3) is 0.864. The third kappa shape index (κ3) is 26.9. The smallest absolute Gasteiger partial charge is 0.306 e. The number of ether oxygens (including phenoxy) is 4. The van der Waals surface area contributed by atoms with Gasteiger partial charge in [0.15, 0.2) is 12.4 Å². The zero-order valence-electron chi connectivity index (χ0n) is 34.2. The van der Waals surface area contributed by atoms with Crippen LogP contribution in [0.25, 0.3) is 0 Å². The van der Waals surface area contributed by atoms with Gasteiger partial charge in [-0.15, -0.1) is 0 Å². The number of esters is 2. The maximum absolute atomic E-state index is 12.7. The lowest BCUT2D eigenvalue weighted by Crippen LogP contribution is -2.59. The Morgan fingerprint density at radius 1 is 0.556 bits per heavy atom. The fourth-order valence-corrected chi connectivity index (χ4v) is 6.52. The first-order valence-electron chi connectivity index (χ1n) is 21.9. The van der Waals surface area contributed by atoms with Gasteiger partial charge in [-0.25, -0.2) is 0 Å². The highest BCUT2D eigenvalue weighted by molar-refractivity contribution is 5.70. The van der Waals surface area contributed by atoms with Gasteiger partial charge in [-0.2, -0.15) is 0 Å². The van der Waals surface area contributed by atoms with E-state index in [1.807, 2.05) is 0 Å². The van der Waals surface area contributed by atoms with Crippen molar-refractivity contribution in [3.05, 3.63) is 24.3 Å². The summed E-state index contributed by atoms with van der Waals surface area (Å²) in [6, 6.07) is 0. The number of hydrogen-bond donors (Lipinski definition) is 4. The summed E-state index contributed by atoms with van der Waals surface area (Å²) in [5.74, 6) is -0.816. The molecule has 0 bridgehead atoms. The van der Waals surface area contributed by atoms with Crippen molar-refractivity contribution in [2.45, 2.75) is 224 Å². The minimum absolute atomic E-state index is 0.219. The van der Waals surface area contributed by atoms with Gasteiger partial charge < -0.3 is 39.4 Å². The number of aliphatic hydroxyl groups excluding tert-OH is 4. The molecule has 4 N–H and O–H groups in total. The summed E-state index contributed by atoms with van der Waals surface area (Å²) in [6.07, 6.45) is 30.4. The van der Waals surface area contributed by atoms with Crippen molar-refractivity contribution in [1.82, 2.24) is 0 Å². The Hall–Kier alpha value is -1.82. The van der Waals surface area contributed by atoms with Crippen molar-refractivity contribution in [1.29, 1.82) is 0 Å². The number of unbranched alkanes of at least 4 members (excludes halogenated alkanes) is 21. The van der Waals surface area contributed by atoms with E-state index >= 15 is 0 Å². The third-order valence-electron chi connectivity index (χ3n) is 10.1. The molecule has 1 aliphatic rings. The van der Waals surface area contributed by atoms with E-state index in [1.54, 1.807) is 0 Å². The molecule has 6 atom stereocenters. The van der Waals surface area contributed by atoms with Crippen molar-refractivity contribution in [3.63, 3.8) is 0 Å². The number of aliphatic hydroxyl groups is 4. The lowest BCUT2D eigenvalue weighted by Gasteiger charge is -2.39. The second-order valence-corrected chi connectivity index (χ2v) is 15.1. The Bertz CT molecular complexity index is 938. The van der Waals surface area contributed by atoms with Crippen molar-refractivity contribution < 1.29 is 49.0 Å². The molecule has 0 saturated carbocycles. The standard InChI is InChI=1S/C44H80O10/c1-3-5-7-9-11-13-15-17-19-21-22-24-26-28-30-32-39(46)51-35-37(36-52-44-43(50)42(49)41(48)38(34-45)54-44)53-40(47)33-31-29-27-25-23-20-18-16-14-12-10-8-6-4-2/h9,11,16,18,37-38,41-45,48-50H,3-8,10,12-15,17,19-36H2,1-2H3/b11-9+,18-16+/t37-,38-,41+,42?,43?,44-/m0/s1. The average Bonchev–Trinajstić information content (AvgIpc) is 3.17. The Balaban J connectivity index is 2.34. The molecule has 0 aromatic rings. The molecule has 0 radical (unpaired) electrons. The van der Waals surface area contributed by atoms with Crippen LogP contribution >= 0.6 is 0 Å². The molecule has 54 heavy (non-hydrogen) atoms. The Morgan fingerprint density at radius 2 is 1.00 bits per heavy atom. The van der Waals surface area contributed by atoms with E-state index in [-0.39, 0.29) is 32.0 Å². The molecule has 1 heterocycles. The summed E-state index contributed by atoms with van der Waals surface area (Å²) in [6.45, 7) is 3.37. The lowest BCUT2D eigenvalue weighted by molar-refractivity contribution is -0.305. The fourth-order valence-electron chi connectivity index (χ4n) is 6.52. The van der Waals surface area contributed by atoms with Crippen molar-refractivity contribution in [3.8, 4) is 0 Å². The van der Waals surface area contributed by atoms with Crippen LogP contribution in [0.1, 0.15) is 187 Å². The van der Waals surface area contributed by atoms with Gasteiger partial charge in [0.1, 0.15) is 31.0 Å². The minimum atomic E-state index is -1.59. The van der Waals surface area contributed by atoms with Gasteiger partial charge in [-0.05, 0) is 57.8 Å². The number of allylic oxidation sites excluding steroid dienone is 4. The molecule has 0 aromatic carbocycles. The SMILES string of the molecule is CCCC/C=C/CCCCCCCCCCCC(=O)OC[C@@H](CO[C@H]1O[C@@H](CO)[C@@H](O)C(O)C1O)OC(=O)CCCCCCC/C=C/CCCCCCC. The van der Waals surface area contributed by atoms with Gasteiger partial charge in [0.25, 0.3) is 0 Å². The van der Waals surface area contributed by atoms with Crippen LogP contribution in [0.2, 0.25) is 0 Å². The second kappa shape index (κ2) is 35.6. The highest BCUT2D eigenvalue weighted by atomic mass is 16.7. The molecule has 1 fully saturated rings. The topological polar surface area (TPSA) is 152 Å². The van der Waals surface area contributed by atoms with Gasteiger partial charge >= 0.3 is 11.9 Å². The molecule has 1 rings (SSSR count). The summed E-state index contributed by atoms with van der Waals surface area (Å²) >= 11 is 0. The molecule has 1 aliphatic heterocycles. The minimum Gasteiger partial charge on any atom is -0.462 e. The highest BCUT2D eigenvalue weighted by Gasteiger charge is 2.44. The van der Waals surface area contributed by atoms with E-state index in [4.69, 9.17) is 18.9 Å². The molecule has 0 spiro atoms. The van der Waals surface area contributed by atoms with Gasteiger partial charge in [-0.3, -0.25) is 9.59 Å². The molecule has 316 valence electrons. The Morgan fingerprint density at radius 3 is 1.50 bits per heavy atom. The van der Waals surface area contributed by atoms with Crippen molar-refractivity contribution in [2.24, 2.45) is 0 Å². The van der Waals surface area contributed by atoms with Crippen LogP contribution in [0.3, 0.4) is 0 Å². The van der Waals surface area contributed by atoms with Gasteiger partial charge in [-0.1, -0.05) is 141 Å². The molecule has 0 aromatic heterocycles. The summed E-state index contributed by atoms with van der Waals surface area (Å²) in [5, 5.41) is 40.0. The zero-order chi connectivity index (χ0) is 39.5. The van der Waals surface area contributed by atoms with Crippen LogP contribution in [0, 0.1) is 0 Å². The normalized spacial score (nSPS) is 20.9. The average molecular weight is 769 g/mol. The largest absolute Gasteiger partial charge is 0.462 e. The zero-order valence-corrected chi connectivity index (χ0v) is 34.2. The van der Waals surface area contributed by atoms with E-state index in [2.05, 4.69) is 38.2 Å². The van der Waals surface area contributed by atoms with E-state index in [1.165, 1.54) is 89.9 Å². The summed E-state index contributed by atoms with van der Waals surface area (Å²) in [7, 11) is 0. The first kappa shape index (κ1) is 50.2. The lowest BCUT2D eigenvalue weighted by atomic mass is 9.99. The van der Waals surface area contributed by atoms with Crippen LogP contribution in [0.5, 0.6) is 0 Å². The van der Waals surface area contributed by atoms with Crippen LogP contribution < -0.4 is 0 Å². The number of carbonyl (C=O) groups excluding carboxylic acids is 2. The molecule has 0 amide bonds. The van der Waals surface area contributed by atoms with Crippen LogP contribution in [-0.2, 0) is 28.5 Å². The quantitative estimate of drug-likeness (QED) is 0.0276. The number of rotatable bonds is 36. The molecule has 10 heteroatoms. The maximum atomic E-state index is 12.7. The third-order valence-corrected chi connectivity index (χ3v) is 10.1. The first-order valence-corrected chi connectivity index (χ1v) is 21.9. The molecule has 0 aliphatic carbocycles. The van der Waals surface area contributed by atoms with Crippen molar-refractivity contribution in [2.75, 3.05) is 19.8 Å².